The number of nitrogens with zero attached hydrogens (tertiary/aromatic N) is 1. The largest absolute Gasteiger partial charge is 0.484 e. The molecule has 0 saturated heterocycles. The average molecular weight is 300 g/mol. The molecule has 2 rings (SSSR count). The first-order valence-corrected chi connectivity index (χ1v) is 6.77. The number of carbonyl (C=O) groups excluding carboxylic acids is 1. The van der Waals surface area contributed by atoms with Crippen LogP contribution >= 0.6 is 0 Å². The molecule has 6 nitrogen and oxygen atoms in total. The molecule has 0 saturated carbocycles. The van der Waals surface area contributed by atoms with E-state index in [4.69, 9.17) is 19.5 Å². The summed E-state index contributed by atoms with van der Waals surface area (Å²) in [6.07, 6.45) is -0.621. The third kappa shape index (κ3) is 4.11. The van der Waals surface area contributed by atoms with Gasteiger partial charge in [0.2, 0.25) is 0 Å². The molecule has 1 heterocycles. The lowest BCUT2D eigenvalue weighted by molar-refractivity contribution is 0.0892. The maximum absolute atomic E-state index is 11.7. The summed E-state index contributed by atoms with van der Waals surface area (Å²) in [5.41, 5.74) is 0.434. The fraction of sp³-hybridized carbons (Fsp3) is 0.250. The van der Waals surface area contributed by atoms with Crippen molar-refractivity contribution in [2.75, 3.05) is 6.54 Å². The molecule has 1 unspecified atom stereocenters. The van der Waals surface area contributed by atoms with E-state index < -0.39 is 12.0 Å². The third-order valence-corrected chi connectivity index (χ3v) is 2.82. The zero-order valence-electron chi connectivity index (χ0n) is 12.1. The fourth-order valence-corrected chi connectivity index (χ4v) is 1.74. The van der Waals surface area contributed by atoms with Crippen molar-refractivity contribution in [1.82, 2.24) is 5.32 Å². The maximum Gasteiger partial charge on any atom is 0.287 e. The van der Waals surface area contributed by atoms with Crippen molar-refractivity contribution in [2.24, 2.45) is 0 Å². The van der Waals surface area contributed by atoms with Crippen LogP contribution in [0, 0.1) is 11.3 Å². The number of rotatable bonds is 6. The van der Waals surface area contributed by atoms with E-state index in [0.29, 0.717) is 17.1 Å². The van der Waals surface area contributed by atoms with E-state index in [0.717, 1.165) is 0 Å². The minimum Gasteiger partial charge on any atom is -0.484 e. The number of aliphatic hydroxyl groups is 1. The molecular weight excluding hydrogens is 284 g/mol. The van der Waals surface area contributed by atoms with Gasteiger partial charge in [0.05, 0.1) is 11.7 Å². The molecule has 2 N–H and O–H groups in total. The molecule has 2 aromatic rings. The molecule has 22 heavy (non-hydrogen) atoms. The Kier molecular flexibility index (Phi) is 5.17. The van der Waals surface area contributed by atoms with Crippen LogP contribution in [0.1, 0.15) is 28.8 Å². The van der Waals surface area contributed by atoms with Gasteiger partial charge in [0, 0.05) is 6.54 Å². The molecule has 1 aromatic carbocycles. The third-order valence-electron chi connectivity index (χ3n) is 2.82. The van der Waals surface area contributed by atoms with Gasteiger partial charge in [-0.15, -0.1) is 0 Å². The lowest BCUT2D eigenvalue weighted by atomic mass is 10.2. The van der Waals surface area contributed by atoms with Gasteiger partial charge >= 0.3 is 0 Å². The van der Waals surface area contributed by atoms with Crippen LogP contribution in [0.4, 0.5) is 0 Å². The molecule has 0 aliphatic heterocycles. The van der Waals surface area contributed by atoms with Gasteiger partial charge < -0.3 is 19.6 Å². The second kappa shape index (κ2) is 7.29. The van der Waals surface area contributed by atoms with E-state index in [9.17, 15) is 4.79 Å². The number of amides is 1. The summed E-state index contributed by atoms with van der Waals surface area (Å²) in [5.74, 6) is 0.675. The van der Waals surface area contributed by atoms with Crippen LogP contribution in [-0.4, -0.2) is 23.7 Å². The Labute approximate surface area is 127 Å². The van der Waals surface area contributed by atoms with Gasteiger partial charge in [0.15, 0.2) is 5.76 Å². The van der Waals surface area contributed by atoms with Gasteiger partial charge in [-0.1, -0.05) is 12.1 Å². The highest BCUT2D eigenvalue weighted by Gasteiger charge is 2.12. The molecule has 1 aromatic heterocycles. The maximum atomic E-state index is 11.7. The number of hydrogen-bond acceptors (Lipinski definition) is 5. The monoisotopic (exact) mass is 300 g/mol. The molecule has 0 aliphatic carbocycles. The number of nitriles is 1. The summed E-state index contributed by atoms with van der Waals surface area (Å²) in [7, 11) is 0. The predicted octanol–water partition coefficient (Wildman–Crippen LogP) is 1.84. The molecule has 1 amide bonds. The zero-order valence-corrected chi connectivity index (χ0v) is 12.1. The Balaban J connectivity index is 1.95. The van der Waals surface area contributed by atoms with Gasteiger partial charge in [-0.3, -0.25) is 4.79 Å². The quantitative estimate of drug-likeness (QED) is 0.848. The summed E-state index contributed by atoms with van der Waals surface area (Å²) < 4.78 is 10.9. The average Bonchev–Trinajstić information content (AvgIpc) is 2.99. The minimum absolute atomic E-state index is 0.113. The van der Waals surface area contributed by atoms with Gasteiger partial charge in [-0.2, -0.15) is 5.26 Å². The number of para-hydroxylation sites is 1. The second-order valence-corrected chi connectivity index (χ2v) is 4.72. The van der Waals surface area contributed by atoms with Crippen LogP contribution in [0.25, 0.3) is 0 Å². The highest BCUT2D eigenvalue weighted by atomic mass is 16.5. The van der Waals surface area contributed by atoms with E-state index in [-0.39, 0.29) is 18.9 Å². The van der Waals surface area contributed by atoms with E-state index in [1.54, 1.807) is 37.3 Å². The highest BCUT2D eigenvalue weighted by molar-refractivity contribution is 5.91. The Morgan fingerprint density at radius 2 is 2.18 bits per heavy atom. The van der Waals surface area contributed by atoms with Crippen LogP contribution in [0.15, 0.2) is 40.8 Å². The minimum atomic E-state index is -0.621. The topological polar surface area (TPSA) is 95.5 Å². The molecule has 0 spiro atoms. The molecular formula is C16H16N2O4. The van der Waals surface area contributed by atoms with E-state index in [1.165, 1.54) is 6.07 Å². The smallest absolute Gasteiger partial charge is 0.287 e. The van der Waals surface area contributed by atoms with Crippen molar-refractivity contribution >= 4 is 5.91 Å². The van der Waals surface area contributed by atoms with Crippen molar-refractivity contribution in [3.8, 4) is 11.8 Å². The first kappa shape index (κ1) is 15.6. The first-order valence-electron chi connectivity index (χ1n) is 6.77. The zero-order chi connectivity index (χ0) is 15.9. The number of benzene rings is 1. The summed E-state index contributed by atoms with van der Waals surface area (Å²) >= 11 is 0. The molecule has 0 fully saturated rings. The molecule has 6 heteroatoms. The van der Waals surface area contributed by atoms with Crippen LogP contribution in [0.5, 0.6) is 5.75 Å². The number of ether oxygens (including phenoxy) is 1. The van der Waals surface area contributed by atoms with Crippen molar-refractivity contribution in [2.45, 2.75) is 19.6 Å². The molecule has 1 atom stereocenters. The standard InChI is InChI=1S/C16H16N2O4/c1-11(19)9-18-16(20)15-7-6-13(22-15)10-21-14-5-3-2-4-12(14)8-17/h2-7,11,19H,9-10H2,1H3,(H,18,20). The number of furan rings is 1. The molecule has 114 valence electrons. The van der Waals surface area contributed by atoms with Gasteiger partial charge in [-0.05, 0) is 31.2 Å². The lowest BCUT2D eigenvalue weighted by Crippen LogP contribution is -2.30. The van der Waals surface area contributed by atoms with Crippen molar-refractivity contribution in [1.29, 1.82) is 5.26 Å². The Bertz CT molecular complexity index is 685. The first-order chi connectivity index (χ1) is 10.6. The normalized spacial score (nSPS) is 11.5. The van der Waals surface area contributed by atoms with E-state index in [1.807, 2.05) is 6.07 Å². The van der Waals surface area contributed by atoms with Crippen molar-refractivity contribution in [3.05, 3.63) is 53.5 Å². The van der Waals surface area contributed by atoms with Crippen LogP contribution in [-0.2, 0) is 6.61 Å². The lowest BCUT2D eigenvalue weighted by Gasteiger charge is -2.06. The summed E-state index contributed by atoms with van der Waals surface area (Å²) in [6, 6.07) is 12.1. The Hall–Kier alpha value is -2.78. The molecule has 0 radical (unpaired) electrons. The van der Waals surface area contributed by atoms with Crippen LogP contribution < -0.4 is 10.1 Å². The number of aliphatic hydroxyl groups excluding tert-OH is 1. The summed E-state index contributed by atoms with van der Waals surface area (Å²) in [6.45, 7) is 1.84. The Morgan fingerprint density at radius 3 is 2.91 bits per heavy atom. The summed E-state index contributed by atoms with van der Waals surface area (Å²) in [4.78, 5) is 11.7. The van der Waals surface area contributed by atoms with Crippen molar-refractivity contribution < 1.29 is 19.1 Å². The number of hydrogen-bond donors (Lipinski definition) is 2. The van der Waals surface area contributed by atoms with Gasteiger partial charge in [-0.25, -0.2) is 0 Å². The van der Waals surface area contributed by atoms with Crippen LogP contribution in [0.3, 0.4) is 0 Å². The molecule has 0 bridgehead atoms. The second-order valence-electron chi connectivity index (χ2n) is 4.72. The number of nitrogens with one attached hydrogen (secondary N) is 1. The van der Waals surface area contributed by atoms with E-state index in [2.05, 4.69) is 5.32 Å². The fourth-order valence-electron chi connectivity index (χ4n) is 1.74. The van der Waals surface area contributed by atoms with Crippen LogP contribution in [0.2, 0.25) is 0 Å². The highest BCUT2D eigenvalue weighted by Crippen LogP contribution is 2.19. The van der Waals surface area contributed by atoms with Gasteiger partial charge in [0.25, 0.3) is 5.91 Å². The van der Waals surface area contributed by atoms with Gasteiger partial charge in [0.1, 0.15) is 24.2 Å². The number of carbonyl (C=O) groups is 1. The Morgan fingerprint density at radius 1 is 1.41 bits per heavy atom. The van der Waals surface area contributed by atoms with Crippen molar-refractivity contribution in [3.63, 3.8) is 0 Å². The predicted molar refractivity (Wildman–Crippen MR) is 78.2 cm³/mol. The van der Waals surface area contributed by atoms with E-state index >= 15 is 0 Å². The SMILES string of the molecule is CC(O)CNC(=O)c1ccc(COc2ccccc2C#N)o1. The molecule has 0 aliphatic rings. The summed E-state index contributed by atoms with van der Waals surface area (Å²) in [5, 5.41) is 20.6.